The van der Waals surface area contributed by atoms with Crippen molar-refractivity contribution >= 4 is 21.8 Å². The van der Waals surface area contributed by atoms with E-state index < -0.39 is 0 Å². The van der Waals surface area contributed by atoms with E-state index in [0.717, 1.165) is 4.47 Å². The van der Waals surface area contributed by atoms with Crippen molar-refractivity contribution in [2.75, 3.05) is 13.1 Å². The number of likely N-dealkylation sites (tertiary alicyclic amines) is 1. The number of rotatable bonds is 1. The van der Waals surface area contributed by atoms with Crippen LogP contribution in [0.3, 0.4) is 0 Å². The zero-order valence-corrected chi connectivity index (χ0v) is 12.3. The molecule has 0 saturated carbocycles. The lowest BCUT2D eigenvalue weighted by molar-refractivity contribution is 0.0658. The molecule has 1 heterocycles. The smallest absolute Gasteiger partial charge is 0.257 e. The summed E-state index contributed by atoms with van der Waals surface area (Å²) in [4.78, 5) is 14.0. The first-order valence-electron chi connectivity index (χ1n) is 6.14. The molecule has 1 aliphatic heterocycles. The van der Waals surface area contributed by atoms with E-state index in [0.29, 0.717) is 31.5 Å². The van der Waals surface area contributed by atoms with Gasteiger partial charge >= 0.3 is 0 Å². The minimum absolute atomic E-state index is 0.0122. The van der Waals surface area contributed by atoms with Crippen molar-refractivity contribution in [3.8, 4) is 11.8 Å². The SMILES string of the molecule is CC1(C#N)CCN(C(=O)c2cc(Br)ccc2O)CC1. The molecule has 0 aromatic heterocycles. The van der Waals surface area contributed by atoms with Gasteiger partial charge in [-0.15, -0.1) is 0 Å². The van der Waals surface area contributed by atoms with Crippen molar-refractivity contribution in [2.24, 2.45) is 5.41 Å². The Kier molecular flexibility index (Phi) is 3.81. The number of aromatic hydroxyl groups is 1. The average molecular weight is 323 g/mol. The van der Waals surface area contributed by atoms with Crippen LogP contribution in [-0.4, -0.2) is 29.0 Å². The molecular weight excluding hydrogens is 308 g/mol. The van der Waals surface area contributed by atoms with E-state index in [2.05, 4.69) is 22.0 Å². The fourth-order valence-electron chi connectivity index (χ4n) is 2.17. The number of carbonyl (C=O) groups is 1. The molecule has 19 heavy (non-hydrogen) atoms. The van der Waals surface area contributed by atoms with E-state index >= 15 is 0 Å². The summed E-state index contributed by atoms with van der Waals surface area (Å²) in [6.45, 7) is 3.02. The van der Waals surface area contributed by atoms with Gasteiger partial charge < -0.3 is 10.0 Å². The third kappa shape index (κ3) is 2.90. The lowest BCUT2D eigenvalue weighted by atomic mass is 9.82. The van der Waals surface area contributed by atoms with Gasteiger partial charge in [0.25, 0.3) is 5.91 Å². The zero-order chi connectivity index (χ0) is 14.0. The Morgan fingerprint density at radius 1 is 1.47 bits per heavy atom. The maximum absolute atomic E-state index is 12.3. The van der Waals surface area contributed by atoms with E-state index in [-0.39, 0.29) is 17.1 Å². The molecule has 0 atom stereocenters. The summed E-state index contributed by atoms with van der Waals surface area (Å²) in [6.07, 6.45) is 1.34. The summed E-state index contributed by atoms with van der Waals surface area (Å²) in [5.74, 6) is -0.194. The van der Waals surface area contributed by atoms with Crippen molar-refractivity contribution < 1.29 is 9.90 Å². The van der Waals surface area contributed by atoms with Gasteiger partial charge in [0, 0.05) is 17.6 Å². The summed E-state index contributed by atoms with van der Waals surface area (Å²) in [7, 11) is 0. The Morgan fingerprint density at radius 3 is 2.68 bits per heavy atom. The van der Waals surface area contributed by atoms with Crippen LogP contribution in [0.5, 0.6) is 5.75 Å². The Balaban J connectivity index is 2.14. The van der Waals surface area contributed by atoms with Crippen molar-refractivity contribution in [3.05, 3.63) is 28.2 Å². The maximum atomic E-state index is 12.3. The number of piperidine rings is 1. The van der Waals surface area contributed by atoms with E-state index in [1.165, 1.54) is 6.07 Å². The van der Waals surface area contributed by atoms with Crippen LogP contribution in [0.25, 0.3) is 0 Å². The molecule has 1 aromatic rings. The fourth-order valence-corrected chi connectivity index (χ4v) is 2.53. The quantitative estimate of drug-likeness (QED) is 0.864. The Labute approximate surface area is 120 Å². The highest BCUT2D eigenvalue weighted by Crippen LogP contribution is 2.31. The van der Waals surface area contributed by atoms with Crippen LogP contribution in [0.4, 0.5) is 0 Å². The molecule has 0 aliphatic carbocycles. The van der Waals surface area contributed by atoms with Crippen LogP contribution in [0.1, 0.15) is 30.1 Å². The molecule has 4 nitrogen and oxygen atoms in total. The number of nitrogens with zero attached hydrogens (tertiary/aromatic N) is 2. The monoisotopic (exact) mass is 322 g/mol. The predicted octanol–water partition coefficient (Wildman–Crippen LogP) is 2.92. The summed E-state index contributed by atoms with van der Waals surface area (Å²) in [5, 5.41) is 18.8. The van der Waals surface area contributed by atoms with Crippen molar-refractivity contribution in [1.82, 2.24) is 4.90 Å². The van der Waals surface area contributed by atoms with Crippen molar-refractivity contribution in [3.63, 3.8) is 0 Å². The van der Waals surface area contributed by atoms with E-state index in [9.17, 15) is 9.90 Å². The summed E-state index contributed by atoms with van der Waals surface area (Å²) in [5.41, 5.74) is -0.0363. The molecule has 1 N–H and O–H groups in total. The molecule has 0 spiro atoms. The highest BCUT2D eigenvalue weighted by Gasteiger charge is 2.32. The van der Waals surface area contributed by atoms with Crippen LogP contribution in [0, 0.1) is 16.7 Å². The number of phenols is 1. The molecule has 2 rings (SSSR count). The summed E-state index contributed by atoms with van der Waals surface area (Å²) in [6, 6.07) is 7.12. The molecule has 1 amide bonds. The van der Waals surface area contributed by atoms with Crippen molar-refractivity contribution in [1.29, 1.82) is 5.26 Å². The number of benzene rings is 1. The first-order valence-corrected chi connectivity index (χ1v) is 6.93. The second-order valence-corrected chi connectivity index (χ2v) is 6.04. The van der Waals surface area contributed by atoms with Gasteiger partial charge in [-0.25, -0.2) is 0 Å². The Morgan fingerprint density at radius 2 is 2.11 bits per heavy atom. The second kappa shape index (κ2) is 5.22. The topological polar surface area (TPSA) is 64.3 Å². The van der Waals surface area contributed by atoms with Crippen LogP contribution in [0.15, 0.2) is 22.7 Å². The van der Waals surface area contributed by atoms with Crippen molar-refractivity contribution in [2.45, 2.75) is 19.8 Å². The standard InChI is InChI=1S/C14H15BrN2O2/c1-14(9-16)4-6-17(7-5-14)13(19)11-8-10(15)2-3-12(11)18/h2-3,8,18H,4-7H2,1H3. The minimum Gasteiger partial charge on any atom is -0.507 e. The Hall–Kier alpha value is -1.54. The lowest BCUT2D eigenvalue weighted by Crippen LogP contribution is -2.41. The first-order chi connectivity index (χ1) is 8.95. The largest absolute Gasteiger partial charge is 0.507 e. The highest BCUT2D eigenvalue weighted by atomic mass is 79.9. The van der Waals surface area contributed by atoms with Gasteiger partial charge in [-0.3, -0.25) is 4.79 Å². The molecule has 0 unspecified atom stereocenters. The van der Waals surface area contributed by atoms with Crippen LogP contribution in [0.2, 0.25) is 0 Å². The molecule has 1 saturated heterocycles. The van der Waals surface area contributed by atoms with Crippen LogP contribution in [-0.2, 0) is 0 Å². The van der Waals surface area contributed by atoms with Gasteiger partial charge in [-0.2, -0.15) is 5.26 Å². The van der Waals surface area contributed by atoms with Gasteiger partial charge in [0.15, 0.2) is 0 Å². The lowest BCUT2D eigenvalue weighted by Gasteiger charge is -2.35. The summed E-state index contributed by atoms with van der Waals surface area (Å²) < 4.78 is 0.757. The number of hydrogen-bond acceptors (Lipinski definition) is 3. The molecule has 5 heteroatoms. The number of carbonyl (C=O) groups excluding carboxylic acids is 1. The minimum atomic E-state index is -0.337. The van der Waals surface area contributed by atoms with Gasteiger partial charge in [-0.05, 0) is 38.0 Å². The molecule has 0 radical (unpaired) electrons. The average Bonchev–Trinajstić information content (AvgIpc) is 2.42. The van der Waals surface area contributed by atoms with E-state index in [1.54, 1.807) is 17.0 Å². The first kappa shape index (κ1) is 13.9. The maximum Gasteiger partial charge on any atom is 0.257 e. The molecule has 1 aliphatic rings. The van der Waals surface area contributed by atoms with Crippen LogP contribution >= 0.6 is 15.9 Å². The predicted molar refractivity (Wildman–Crippen MR) is 74.7 cm³/mol. The van der Waals surface area contributed by atoms with Gasteiger partial charge in [-0.1, -0.05) is 15.9 Å². The van der Waals surface area contributed by atoms with Crippen LogP contribution < -0.4 is 0 Å². The molecule has 1 fully saturated rings. The third-order valence-electron chi connectivity index (χ3n) is 3.61. The summed E-state index contributed by atoms with van der Waals surface area (Å²) >= 11 is 3.29. The number of nitriles is 1. The Bertz CT molecular complexity index is 543. The van der Waals surface area contributed by atoms with E-state index in [4.69, 9.17) is 5.26 Å². The number of phenolic OH excluding ortho intramolecular Hbond substituents is 1. The molecule has 1 aromatic carbocycles. The third-order valence-corrected chi connectivity index (χ3v) is 4.11. The molecule has 0 bridgehead atoms. The molecule has 100 valence electrons. The van der Waals surface area contributed by atoms with Gasteiger partial charge in [0.1, 0.15) is 5.75 Å². The van der Waals surface area contributed by atoms with E-state index in [1.807, 2.05) is 6.92 Å². The number of halogens is 1. The molecular formula is C14H15BrN2O2. The zero-order valence-electron chi connectivity index (χ0n) is 10.7. The normalized spacial score (nSPS) is 17.8. The number of amides is 1. The van der Waals surface area contributed by atoms with Gasteiger partial charge in [0.2, 0.25) is 0 Å². The number of hydrogen-bond donors (Lipinski definition) is 1. The highest BCUT2D eigenvalue weighted by molar-refractivity contribution is 9.10. The van der Waals surface area contributed by atoms with Gasteiger partial charge in [0.05, 0.1) is 17.0 Å². The fraction of sp³-hybridized carbons (Fsp3) is 0.429. The second-order valence-electron chi connectivity index (χ2n) is 5.13.